The van der Waals surface area contributed by atoms with Gasteiger partial charge >= 0.3 is 0 Å². The summed E-state index contributed by atoms with van der Waals surface area (Å²) in [6.45, 7) is 2.21. The van der Waals surface area contributed by atoms with E-state index in [1.807, 2.05) is 30.3 Å². The number of carbonyl (C=O) groups excluding carboxylic acids is 1. The van der Waals surface area contributed by atoms with Crippen molar-refractivity contribution in [3.8, 4) is 5.75 Å². The molecule has 0 aliphatic carbocycles. The van der Waals surface area contributed by atoms with Crippen LogP contribution >= 0.6 is 22.9 Å². The second-order valence-corrected chi connectivity index (χ2v) is 8.30. The van der Waals surface area contributed by atoms with Gasteiger partial charge in [0.15, 0.2) is 0 Å². The lowest BCUT2D eigenvalue weighted by Gasteiger charge is -2.22. The first-order chi connectivity index (χ1) is 13.7. The molecule has 1 atom stereocenters. The number of para-hydroxylation sites is 1. The Morgan fingerprint density at radius 3 is 2.89 bits per heavy atom. The van der Waals surface area contributed by atoms with E-state index in [0.29, 0.717) is 24.7 Å². The van der Waals surface area contributed by atoms with Crippen molar-refractivity contribution >= 4 is 39.1 Å². The van der Waals surface area contributed by atoms with E-state index in [0.717, 1.165) is 35.7 Å². The summed E-state index contributed by atoms with van der Waals surface area (Å²) >= 11 is 7.59. The van der Waals surface area contributed by atoms with Crippen molar-refractivity contribution in [2.24, 2.45) is 0 Å². The average molecular weight is 416 g/mol. The third-order valence-corrected chi connectivity index (χ3v) is 6.20. The first-order valence-electron chi connectivity index (χ1n) is 9.43. The summed E-state index contributed by atoms with van der Waals surface area (Å²) in [6.07, 6.45) is 2.14. The Bertz CT molecular complexity index is 911. The molecular formula is C21H22ClN3O2S. The Labute approximate surface area is 173 Å². The van der Waals surface area contributed by atoms with Gasteiger partial charge in [-0.05, 0) is 55.8 Å². The van der Waals surface area contributed by atoms with Crippen LogP contribution in [0.3, 0.4) is 0 Å². The standard InChI is InChI=1S/C21H22ClN3O2S/c22-15-7-9-16(10-8-15)27-13-11-23-20(26)14-25-12-3-5-18(25)21-24-17-4-1-2-6-19(17)28-21/h1-2,4,6-10,18H,3,5,11-14H2,(H,23,26)/t18-/m0/s1. The van der Waals surface area contributed by atoms with Crippen molar-refractivity contribution in [1.29, 1.82) is 0 Å². The third kappa shape index (κ3) is 4.63. The second-order valence-electron chi connectivity index (χ2n) is 6.80. The van der Waals surface area contributed by atoms with Crippen LogP contribution in [-0.4, -0.2) is 42.0 Å². The number of nitrogens with one attached hydrogen (secondary N) is 1. The molecule has 5 nitrogen and oxygen atoms in total. The molecule has 1 aliphatic heterocycles. The Morgan fingerprint density at radius 2 is 2.07 bits per heavy atom. The number of benzene rings is 2. The predicted molar refractivity (Wildman–Crippen MR) is 113 cm³/mol. The van der Waals surface area contributed by atoms with Crippen LogP contribution in [0.25, 0.3) is 10.2 Å². The molecule has 1 aliphatic rings. The van der Waals surface area contributed by atoms with Gasteiger partial charge in [0.1, 0.15) is 17.4 Å². The molecule has 0 unspecified atom stereocenters. The second kappa shape index (κ2) is 8.90. The van der Waals surface area contributed by atoms with Crippen molar-refractivity contribution in [3.05, 3.63) is 58.6 Å². The molecule has 1 aromatic heterocycles. The quantitative estimate of drug-likeness (QED) is 0.585. The van der Waals surface area contributed by atoms with E-state index < -0.39 is 0 Å². The zero-order valence-electron chi connectivity index (χ0n) is 15.4. The molecule has 2 heterocycles. The number of carbonyl (C=O) groups is 1. The Morgan fingerprint density at radius 1 is 1.25 bits per heavy atom. The lowest BCUT2D eigenvalue weighted by atomic mass is 10.2. The minimum Gasteiger partial charge on any atom is -0.492 e. The minimum atomic E-state index is 0.0210. The molecule has 28 heavy (non-hydrogen) atoms. The zero-order valence-corrected chi connectivity index (χ0v) is 17.0. The van der Waals surface area contributed by atoms with Crippen LogP contribution in [0, 0.1) is 0 Å². The maximum Gasteiger partial charge on any atom is 0.234 e. The predicted octanol–water partition coefficient (Wildman–Crippen LogP) is 4.28. The van der Waals surface area contributed by atoms with E-state index in [9.17, 15) is 4.79 Å². The lowest BCUT2D eigenvalue weighted by Crippen LogP contribution is -2.38. The number of hydrogen-bond donors (Lipinski definition) is 1. The van der Waals surface area contributed by atoms with Gasteiger partial charge in [-0.25, -0.2) is 4.98 Å². The number of nitrogens with zero attached hydrogens (tertiary/aromatic N) is 2. The Hall–Kier alpha value is -2.15. The molecule has 146 valence electrons. The van der Waals surface area contributed by atoms with Crippen molar-refractivity contribution in [2.75, 3.05) is 26.2 Å². The van der Waals surface area contributed by atoms with E-state index in [4.69, 9.17) is 21.3 Å². The maximum atomic E-state index is 12.4. The highest BCUT2D eigenvalue weighted by Gasteiger charge is 2.29. The summed E-state index contributed by atoms with van der Waals surface area (Å²) in [7, 11) is 0. The van der Waals surface area contributed by atoms with E-state index in [2.05, 4.69) is 16.3 Å². The van der Waals surface area contributed by atoms with Gasteiger partial charge in [0.25, 0.3) is 0 Å². The first-order valence-corrected chi connectivity index (χ1v) is 10.6. The molecule has 4 rings (SSSR count). The van der Waals surface area contributed by atoms with Gasteiger partial charge in [0.2, 0.25) is 5.91 Å². The van der Waals surface area contributed by atoms with Crippen molar-refractivity contribution in [1.82, 2.24) is 15.2 Å². The molecule has 1 amide bonds. The molecule has 2 aromatic carbocycles. The molecule has 3 aromatic rings. The van der Waals surface area contributed by atoms with Crippen LogP contribution in [0.5, 0.6) is 5.75 Å². The summed E-state index contributed by atoms with van der Waals surface area (Å²) in [5.74, 6) is 0.766. The summed E-state index contributed by atoms with van der Waals surface area (Å²) in [4.78, 5) is 19.4. The lowest BCUT2D eigenvalue weighted by molar-refractivity contribution is -0.122. The number of hydrogen-bond acceptors (Lipinski definition) is 5. The van der Waals surface area contributed by atoms with Crippen LogP contribution in [0.2, 0.25) is 5.02 Å². The van der Waals surface area contributed by atoms with Gasteiger partial charge in [-0.1, -0.05) is 23.7 Å². The van der Waals surface area contributed by atoms with E-state index >= 15 is 0 Å². The SMILES string of the molecule is O=C(CN1CCC[C@H]1c1nc2ccccc2s1)NCCOc1ccc(Cl)cc1. The fourth-order valence-electron chi connectivity index (χ4n) is 3.46. The number of ether oxygens (including phenoxy) is 1. The summed E-state index contributed by atoms with van der Waals surface area (Å²) in [5.41, 5.74) is 1.04. The van der Waals surface area contributed by atoms with Crippen molar-refractivity contribution in [2.45, 2.75) is 18.9 Å². The van der Waals surface area contributed by atoms with Crippen LogP contribution in [0.4, 0.5) is 0 Å². The van der Waals surface area contributed by atoms with Crippen LogP contribution < -0.4 is 10.1 Å². The van der Waals surface area contributed by atoms with Crippen molar-refractivity contribution in [3.63, 3.8) is 0 Å². The van der Waals surface area contributed by atoms with Crippen LogP contribution in [0.15, 0.2) is 48.5 Å². The average Bonchev–Trinajstić information content (AvgIpc) is 3.33. The minimum absolute atomic E-state index is 0.0210. The van der Waals surface area contributed by atoms with Gasteiger partial charge < -0.3 is 10.1 Å². The topological polar surface area (TPSA) is 54.5 Å². The molecule has 0 radical (unpaired) electrons. The molecular weight excluding hydrogens is 394 g/mol. The number of fused-ring (bicyclic) bond motifs is 1. The van der Waals surface area contributed by atoms with E-state index in [-0.39, 0.29) is 11.9 Å². The fourth-order valence-corrected chi connectivity index (χ4v) is 4.72. The number of rotatable bonds is 7. The molecule has 0 bridgehead atoms. The molecule has 0 saturated carbocycles. The molecule has 0 spiro atoms. The van der Waals surface area contributed by atoms with Crippen LogP contribution in [-0.2, 0) is 4.79 Å². The molecule has 1 saturated heterocycles. The Kier molecular flexibility index (Phi) is 6.10. The summed E-state index contributed by atoms with van der Waals surface area (Å²) < 4.78 is 6.81. The number of thiazole rings is 1. The molecule has 1 fully saturated rings. The highest BCUT2D eigenvalue weighted by atomic mass is 35.5. The molecule has 1 N–H and O–H groups in total. The first kappa shape index (κ1) is 19.2. The van der Waals surface area contributed by atoms with Gasteiger partial charge in [0, 0.05) is 5.02 Å². The highest BCUT2D eigenvalue weighted by Crippen LogP contribution is 2.36. The number of halogens is 1. The Balaban J connectivity index is 1.26. The largest absolute Gasteiger partial charge is 0.492 e. The van der Waals surface area contributed by atoms with Gasteiger partial charge in [-0.15, -0.1) is 11.3 Å². The van der Waals surface area contributed by atoms with E-state index in [1.165, 1.54) is 4.70 Å². The smallest absolute Gasteiger partial charge is 0.234 e. The van der Waals surface area contributed by atoms with Gasteiger partial charge in [-0.2, -0.15) is 0 Å². The van der Waals surface area contributed by atoms with Gasteiger partial charge in [0.05, 0.1) is 29.3 Å². The number of aromatic nitrogens is 1. The number of likely N-dealkylation sites (tertiary alicyclic amines) is 1. The van der Waals surface area contributed by atoms with Gasteiger partial charge in [-0.3, -0.25) is 9.69 Å². The number of amides is 1. The normalized spacial score (nSPS) is 17.1. The zero-order chi connectivity index (χ0) is 19.3. The summed E-state index contributed by atoms with van der Waals surface area (Å²) in [5, 5.41) is 4.72. The third-order valence-electron chi connectivity index (χ3n) is 4.81. The fraction of sp³-hybridized carbons (Fsp3) is 0.333. The highest BCUT2D eigenvalue weighted by molar-refractivity contribution is 7.18. The maximum absolute atomic E-state index is 12.4. The van der Waals surface area contributed by atoms with E-state index in [1.54, 1.807) is 23.5 Å². The van der Waals surface area contributed by atoms with Crippen LogP contribution in [0.1, 0.15) is 23.9 Å². The van der Waals surface area contributed by atoms with Crippen molar-refractivity contribution < 1.29 is 9.53 Å². The molecule has 7 heteroatoms. The monoisotopic (exact) mass is 415 g/mol. The summed E-state index contributed by atoms with van der Waals surface area (Å²) in [6, 6.07) is 15.6.